The molecule has 0 aliphatic rings. The Morgan fingerprint density at radius 1 is 0.889 bits per heavy atom. The molecule has 0 fully saturated rings. The molecule has 0 aliphatic heterocycles. The predicted molar refractivity (Wildman–Crippen MR) is 55.2 cm³/mol. The molecule has 0 nitrogen and oxygen atoms in total. The zero-order chi connectivity index (χ0) is 7.65. The van der Waals surface area contributed by atoms with Gasteiger partial charge in [-0.1, -0.05) is 39.3 Å². The van der Waals surface area contributed by atoms with Crippen molar-refractivity contribution in [3.63, 3.8) is 0 Å². The normalized spacial score (nSPS) is 16.3. The fourth-order valence-corrected chi connectivity index (χ4v) is 27.0. The van der Waals surface area contributed by atoms with Gasteiger partial charge in [0.1, 0.15) is 0 Å². The predicted octanol–water partition coefficient (Wildman–Crippen LogP) is 1.82. The summed E-state index contributed by atoms with van der Waals surface area (Å²) in [7, 11) is -0.998. The molecule has 0 aromatic carbocycles. The molecule has 0 heterocycles. The number of hydrogen-bond donors (Lipinski definition) is 0. The minimum Gasteiger partial charge on any atom is -0.0759 e. The maximum absolute atomic E-state index is 2.59. The smallest absolute Gasteiger partial charge is 0.0318 e. The quantitative estimate of drug-likeness (QED) is 0.563. The Balaban J connectivity index is 3.88. The van der Waals surface area contributed by atoms with Gasteiger partial charge in [-0.05, 0) is 0 Å². The van der Waals surface area contributed by atoms with Gasteiger partial charge in [-0.15, -0.1) is 0 Å². The Kier molecular flexibility index (Phi) is 3.39. The van der Waals surface area contributed by atoms with Gasteiger partial charge >= 0.3 is 0 Å². The molecule has 0 aliphatic carbocycles. The van der Waals surface area contributed by atoms with Gasteiger partial charge in [0.05, 0.1) is 0 Å². The summed E-state index contributed by atoms with van der Waals surface area (Å²) in [6, 6.07) is 0. The van der Waals surface area contributed by atoms with Gasteiger partial charge in [-0.2, -0.15) is 0 Å². The molecule has 0 rings (SSSR count). The Hall–Kier alpha value is 0.651. The summed E-state index contributed by atoms with van der Waals surface area (Å²) in [4.78, 5) is 0. The maximum atomic E-state index is 2.59. The van der Waals surface area contributed by atoms with E-state index < -0.39 is 7.59 Å². The second-order valence-corrected chi connectivity index (χ2v) is 30.1. The van der Waals surface area contributed by atoms with E-state index in [1.165, 1.54) is 0 Å². The third kappa shape index (κ3) is 3.37. The summed E-state index contributed by atoms with van der Waals surface area (Å²) < 4.78 is 0. The molecule has 3 heteroatoms. The van der Waals surface area contributed by atoms with E-state index in [9.17, 15) is 0 Å². The van der Waals surface area contributed by atoms with E-state index in [4.69, 9.17) is 0 Å². The molecule has 9 heavy (non-hydrogen) atoms. The molecule has 0 amide bonds. The van der Waals surface area contributed by atoms with Gasteiger partial charge in [0, 0.05) is 23.7 Å². The molecule has 0 saturated heterocycles. The summed E-state index contributed by atoms with van der Waals surface area (Å²) in [6.45, 7) is 15.2. The lowest BCUT2D eigenvalue weighted by molar-refractivity contribution is 1.83. The Morgan fingerprint density at radius 3 is 1.22 bits per heavy atom. The van der Waals surface area contributed by atoms with Crippen molar-refractivity contribution in [2.24, 2.45) is 0 Å². The van der Waals surface area contributed by atoms with Crippen LogP contribution in [0, 0.1) is 0 Å². The van der Waals surface area contributed by atoms with Gasteiger partial charge in [0.2, 0.25) is 0 Å². The van der Waals surface area contributed by atoms with Gasteiger partial charge < -0.3 is 0 Å². The summed E-state index contributed by atoms with van der Waals surface area (Å²) in [6.07, 6.45) is 0. The third-order valence-corrected chi connectivity index (χ3v) is 36.3. The first kappa shape index (κ1) is 9.65. The molecule has 0 N–H and O–H groups in total. The van der Waals surface area contributed by atoms with Gasteiger partial charge in [0.25, 0.3) is 0 Å². The van der Waals surface area contributed by atoms with Crippen LogP contribution in [0.2, 0.25) is 39.3 Å². The van der Waals surface area contributed by atoms with Crippen molar-refractivity contribution in [2.75, 3.05) is 0 Å². The summed E-state index contributed by atoms with van der Waals surface area (Å²) in [5.41, 5.74) is 0. The van der Waals surface area contributed by atoms with E-state index in [0.29, 0.717) is 0 Å². The third-order valence-electron chi connectivity index (χ3n) is 2.37. The fraction of sp³-hybridized carbons (Fsp3) is 1.00. The summed E-state index contributed by atoms with van der Waals surface area (Å²) in [5.74, 6) is 0. The molecule has 1 atom stereocenters. The molecule has 0 spiro atoms. The van der Waals surface area contributed by atoms with Crippen molar-refractivity contribution in [3.8, 4) is 0 Å². The highest BCUT2D eigenvalue weighted by molar-refractivity contribution is 7.54. The zero-order valence-corrected chi connectivity index (χ0v) is 11.0. The molecule has 0 bridgehead atoms. The Labute approximate surface area is 63.5 Å². The van der Waals surface area contributed by atoms with Crippen molar-refractivity contribution >= 4 is 23.7 Å². The first-order chi connectivity index (χ1) is 3.85. The average Bonchev–Trinajstić information content (AvgIpc) is 1.62. The van der Waals surface area contributed by atoms with Crippen LogP contribution in [-0.2, 0) is 0 Å². The van der Waals surface area contributed by atoms with Crippen LogP contribution in [-0.4, -0.2) is 23.7 Å². The van der Waals surface area contributed by atoms with E-state index in [1.54, 1.807) is 0 Å². The first-order valence-corrected chi connectivity index (χ1v) is 15.3. The summed E-state index contributed by atoms with van der Waals surface area (Å²) >= 11 is 0. The maximum Gasteiger partial charge on any atom is 0.0318 e. The second kappa shape index (κ2) is 3.16. The van der Waals surface area contributed by atoms with Crippen molar-refractivity contribution in [2.45, 2.75) is 39.3 Å². The Morgan fingerprint density at radius 2 is 1.22 bits per heavy atom. The van der Waals surface area contributed by atoms with Gasteiger partial charge in [-0.3, -0.25) is 0 Å². The van der Waals surface area contributed by atoms with Crippen LogP contribution in [0.1, 0.15) is 0 Å². The van der Waals surface area contributed by atoms with Crippen molar-refractivity contribution in [3.05, 3.63) is 0 Å². The van der Waals surface area contributed by atoms with Gasteiger partial charge in [0.15, 0.2) is 0 Å². The van der Waals surface area contributed by atoms with Crippen LogP contribution in [0.25, 0.3) is 0 Å². The van der Waals surface area contributed by atoms with Crippen molar-refractivity contribution < 1.29 is 0 Å². The molecule has 0 aromatic heterocycles. The average molecular weight is 176 g/mol. The van der Waals surface area contributed by atoms with Crippen LogP contribution in [0.3, 0.4) is 0 Å². The highest BCUT2D eigenvalue weighted by atomic mass is 29.6. The van der Waals surface area contributed by atoms with E-state index in [-0.39, 0.29) is 16.1 Å². The molecule has 0 radical (unpaired) electrons. The van der Waals surface area contributed by atoms with Crippen LogP contribution < -0.4 is 0 Å². The fourth-order valence-electron chi connectivity index (χ4n) is 1.00. The van der Waals surface area contributed by atoms with E-state index in [2.05, 4.69) is 39.3 Å². The first-order valence-electron chi connectivity index (χ1n) is 3.85. The molecule has 1 unspecified atom stereocenters. The highest BCUT2D eigenvalue weighted by Gasteiger charge is 2.26. The second-order valence-electron chi connectivity index (χ2n) is 4.40. The van der Waals surface area contributed by atoms with Crippen LogP contribution in [0.5, 0.6) is 0 Å². The molecule has 0 aromatic rings. The standard InChI is InChI=1S/C6H20Si3/c1-7(2)8(3)9(4,5)6/h7-8H,1-6H3. The van der Waals surface area contributed by atoms with Crippen molar-refractivity contribution in [1.82, 2.24) is 0 Å². The van der Waals surface area contributed by atoms with Gasteiger partial charge in [-0.25, -0.2) is 0 Å². The molecular weight excluding hydrogens is 156 g/mol. The topological polar surface area (TPSA) is 0 Å². The van der Waals surface area contributed by atoms with Crippen LogP contribution >= 0.6 is 0 Å². The van der Waals surface area contributed by atoms with E-state index >= 15 is 0 Å². The molecule has 0 saturated carbocycles. The van der Waals surface area contributed by atoms with Crippen molar-refractivity contribution in [1.29, 1.82) is 0 Å². The SMILES string of the molecule is C[SiH](C)[SiH](C)[Si](C)(C)C. The van der Waals surface area contributed by atoms with Crippen LogP contribution in [0.15, 0.2) is 0 Å². The lowest BCUT2D eigenvalue weighted by Crippen LogP contribution is -2.49. The van der Waals surface area contributed by atoms with E-state index in [1.807, 2.05) is 0 Å². The summed E-state index contributed by atoms with van der Waals surface area (Å²) in [5, 5.41) is 0. The highest BCUT2D eigenvalue weighted by Crippen LogP contribution is 2.08. The minimum atomic E-state index is -0.623. The number of hydrogen-bond acceptors (Lipinski definition) is 0. The van der Waals surface area contributed by atoms with Crippen LogP contribution in [0.4, 0.5) is 0 Å². The molecule has 56 valence electrons. The monoisotopic (exact) mass is 176 g/mol. The Bertz CT molecular complexity index is 82.8. The minimum absolute atomic E-state index is 0.186. The zero-order valence-electron chi connectivity index (χ0n) is 7.65. The van der Waals surface area contributed by atoms with E-state index in [0.717, 1.165) is 0 Å². The number of rotatable bonds is 2. The molecular formula is C6H20Si3. The lowest BCUT2D eigenvalue weighted by Gasteiger charge is -2.26. The lowest BCUT2D eigenvalue weighted by atomic mass is 11.8. The largest absolute Gasteiger partial charge is 0.0759 e.